The predicted molar refractivity (Wildman–Crippen MR) is 116 cm³/mol. The number of rotatable bonds is 7. The normalized spacial score (nSPS) is 12.2. The number of guanidine groups is 1. The minimum Gasteiger partial charge on any atom is -0.380 e. The molecule has 0 radical (unpaired) electrons. The van der Waals surface area contributed by atoms with Crippen molar-refractivity contribution in [3.8, 4) is 0 Å². The Morgan fingerprint density at radius 1 is 1.04 bits per heavy atom. The maximum absolute atomic E-state index is 5.18. The van der Waals surface area contributed by atoms with E-state index in [2.05, 4.69) is 71.1 Å². The van der Waals surface area contributed by atoms with Crippen LogP contribution in [0.3, 0.4) is 0 Å². The van der Waals surface area contributed by atoms with Gasteiger partial charge in [-0.25, -0.2) is 0 Å². The molecule has 0 saturated heterocycles. The molecule has 0 aliphatic rings. The molecule has 0 heterocycles. The number of hydrogen-bond acceptors (Lipinski definition) is 2. The number of hydrogen-bond donors (Lipinski definition) is 2. The van der Waals surface area contributed by atoms with E-state index in [0.717, 1.165) is 19.0 Å². The number of halogens is 1. The second-order valence-electron chi connectivity index (χ2n) is 5.87. The molecule has 0 amide bonds. The topological polar surface area (TPSA) is 45.7 Å². The molecule has 0 saturated carbocycles. The van der Waals surface area contributed by atoms with Gasteiger partial charge in [-0.2, -0.15) is 0 Å². The summed E-state index contributed by atoms with van der Waals surface area (Å²) in [7, 11) is 3.51. The number of nitrogens with zero attached hydrogens (tertiary/aromatic N) is 1. The number of aliphatic imine (C=N–C) groups is 1. The van der Waals surface area contributed by atoms with Gasteiger partial charge in [-0.3, -0.25) is 4.99 Å². The molecular formula is C20H28IN3O. The van der Waals surface area contributed by atoms with E-state index in [1.54, 1.807) is 14.2 Å². The molecule has 0 bridgehead atoms. The van der Waals surface area contributed by atoms with Crippen LogP contribution in [0.1, 0.15) is 29.5 Å². The maximum atomic E-state index is 5.18. The van der Waals surface area contributed by atoms with E-state index in [4.69, 9.17) is 4.74 Å². The second kappa shape index (κ2) is 11.9. The Bertz CT molecular complexity index is 646. The summed E-state index contributed by atoms with van der Waals surface area (Å²) in [4.78, 5) is 4.30. The van der Waals surface area contributed by atoms with Gasteiger partial charge in [-0.05, 0) is 22.6 Å². The van der Waals surface area contributed by atoms with Crippen LogP contribution in [-0.2, 0) is 17.9 Å². The summed E-state index contributed by atoms with van der Waals surface area (Å²) >= 11 is 0. The third-order valence-corrected chi connectivity index (χ3v) is 3.93. The van der Waals surface area contributed by atoms with Crippen LogP contribution in [0.15, 0.2) is 59.6 Å². The van der Waals surface area contributed by atoms with Crippen molar-refractivity contribution in [1.82, 2.24) is 10.6 Å². The molecule has 0 fully saturated rings. The number of ether oxygens (including phenoxy) is 1. The van der Waals surface area contributed by atoms with Crippen LogP contribution in [0, 0.1) is 0 Å². The van der Waals surface area contributed by atoms with E-state index in [1.165, 1.54) is 16.7 Å². The lowest BCUT2D eigenvalue weighted by atomic mass is 10.0. The molecular weight excluding hydrogens is 425 g/mol. The van der Waals surface area contributed by atoms with Crippen LogP contribution in [0.4, 0.5) is 0 Å². The van der Waals surface area contributed by atoms with Crippen molar-refractivity contribution >= 4 is 29.9 Å². The minimum atomic E-state index is 0. The summed E-state index contributed by atoms with van der Waals surface area (Å²) in [5.41, 5.74) is 3.72. The zero-order chi connectivity index (χ0) is 17.2. The zero-order valence-electron chi connectivity index (χ0n) is 15.2. The van der Waals surface area contributed by atoms with Gasteiger partial charge < -0.3 is 15.4 Å². The molecule has 5 heteroatoms. The first kappa shape index (κ1) is 21.4. The number of methoxy groups -OCH3 is 1. The van der Waals surface area contributed by atoms with Crippen molar-refractivity contribution in [2.75, 3.05) is 20.7 Å². The van der Waals surface area contributed by atoms with Crippen LogP contribution in [0.5, 0.6) is 0 Å². The van der Waals surface area contributed by atoms with Gasteiger partial charge >= 0.3 is 0 Å². The van der Waals surface area contributed by atoms with Crippen molar-refractivity contribution in [3.05, 3.63) is 71.3 Å². The van der Waals surface area contributed by atoms with Crippen LogP contribution in [0.25, 0.3) is 0 Å². The molecule has 0 aromatic heterocycles. The Morgan fingerprint density at radius 3 is 2.44 bits per heavy atom. The van der Waals surface area contributed by atoms with E-state index in [-0.39, 0.29) is 24.0 Å². The Balaban J connectivity index is 0.00000312. The van der Waals surface area contributed by atoms with E-state index >= 15 is 0 Å². The highest BCUT2D eigenvalue weighted by Gasteiger charge is 2.06. The Morgan fingerprint density at radius 2 is 1.76 bits per heavy atom. The number of nitrogens with one attached hydrogen (secondary N) is 2. The van der Waals surface area contributed by atoms with Crippen LogP contribution in [-0.4, -0.2) is 26.7 Å². The summed E-state index contributed by atoms with van der Waals surface area (Å²) in [6.45, 7) is 4.42. The lowest BCUT2D eigenvalue weighted by molar-refractivity contribution is 0.185. The van der Waals surface area contributed by atoms with Crippen molar-refractivity contribution in [3.63, 3.8) is 0 Å². The molecule has 25 heavy (non-hydrogen) atoms. The second-order valence-corrected chi connectivity index (χ2v) is 5.87. The van der Waals surface area contributed by atoms with Gasteiger partial charge in [0, 0.05) is 27.2 Å². The fourth-order valence-corrected chi connectivity index (χ4v) is 2.55. The average molecular weight is 453 g/mol. The van der Waals surface area contributed by atoms with Crippen LogP contribution >= 0.6 is 24.0 Å². The summed E-state index contributed by atoms with van der Waals surface area (Å²) in [5, 5.41) is 6.75. The maximum Gasteiger partial charge on any atom is 0.191 e. The van der Waals surface area contributed by atoms with Crippen LogP contribution in [0.2, 0.25) is 0 Å². The van der Waals surface area contributed by atoms with Gasteiger partial charge in [-0.15, -0.1) is 24.0 Å². The summed E-state index contributed by atoms with van der Waals surface area (Å²) < 4.78 is 5.18. The highest BCUT2D eigenvalue weighted by atomic mass is 127. The third kappa shape index (κ3) is 7.44. The van der Waals surface area contributed by atoms with Gasteiger partial charge in [0.25, 0.3) is 0 Å². The van der Waals surface area contributed by atoms with E-state index in [1.807, 2.05) is 6.07 Å². The molecule has 4 nitrogen and oxygen atoms in total. The van der Waals surface area contributed by atoms with E-state index < -0.39 is 0 Å². The van der Waals surface area contributed by atoms with Gasteiger partial charge in [0.15, 0.2) is 5.96 Å². The van der Waals surface area contributed by atoms with E-state index in [9.17, 15) is 0 Å². The van der Waals surface area contributed by atoms with Crippen molar-refractivity contribution in [2.24, 2.45) is 4.99 Å². The smallest absolute Gasteiger partial charge is 0.191 e. The molecule has 2 rings (SSSR count). The highest BCUT2D eigenvalue weighted by molar-refractivity contribution is 14.0. The number of benzene rings is 2. The van der Waals surface area contributed by atoms with Gasteiger partial charge in [0.05, 0.1) is 6.61 Å². The van der Waals surface area contributed by atoms with Crippen molar-refractivity contribution in [1.29, 1.82) is 0 Å². The van der Waals surface area contributed by atoms with Gasteiger partial charge in [0.1, 0.15) is 0 Å². The fraction of sp³-hybridized carbons (Fsp3) is 0.350. The Labute approximate surface area is 168 Å². The molecule has 0 aliphatic carbocycles. The first-order valence-electron chi connectivity index (χ1n) is 8.29. The predicted octanol–water partition coefficient (Wildman–Crippen LogP) is 3.92. The zero-order valence-corrected chi connectivity index (χ0v) is 17.5. The Kier molecular flexibility index (Phi) is 10.2. The quantitative estimate of drug-likeness (QED) is 0.380. The summed E-state index contributed by atoms with van der Waals surface area (Å²) in [5.74, 6) is 1.24. The Hall–Kier alpha value is -1.60. The molecule has 2 aromatic rings. The molecule has 0 spiro atoms. The lowest BCUT2D eigenvalue weighted by Gasteiger charge is -2.16. The van der Waals surface area contributed by atoms with Crippen LogP contribution < -0.4 is 10.6 Å². The third-order valence-electron chi connectivity index (χ3n) is 3.93. The highest BCUT2D eigenvalue weighted by Crippen LogP contribution is 2.13. The molecule has 0 aliphatic heterocycles. The van der Waals surface area contributed by atoms with Gasteiger partial charge in [0.2, 0.25) is 0 Å². The standard InChI is InChI=1S/C20H27N3O.HI/c1-16(19-10-5-4-6-11-19)13-22-20(21-2)23-14-17-8-7-9-18(12-17)15-24-3;/h4-12,16H,13-15H2,1-3H3,(H2,21,22,23);1H. The molecule has 2 aromatic carbocycles. The molecule has 1 unspecified atom stereocenters. The SMILES string of the molecule is CN=C(NCc1cccc(COC)c1)NCC(C)c1ccccc1.I. The first-order chi connectivity index (χ1) is 11.7. The largest absolute Gasteiger partial charge is 0.380 e. The minimum absolute atomic E-state index is 0. The van der Waals surface area contributed by atoms with Gasteiger partial charge in [-0.1, -0.05) is 61.5 Å². The average Bonchev–Trinajstić information content (AvgIpc) is 2.63. The molecule has 2 N–H and O–H groups in total. The van der Waals surface area contributed by atoms with Crippen molar-refractivity contribution in [2.45, 2.75) is 26.0 Å². The lowest BCUT2D eigenvalue weighted by Crippen LogP contribution is -2.38. The molecule has 1 atom stereocenters. The monoisotopic (exact) mass is 453 g/mol. The van der Waals surface area contributed by atoms with E-state index in [0.29, 0.717) is 12.5 Å². The summed E-state index contributed by atoms with van der Waals surface area (Å²) in [6.07, 6.45) is 0. The fourth-order valence-electron chi connectivity index (χ4n) is 2.55. The molecule has 136 valence electrons. The first-order valence-corrected chi connectivity index (χ1v) is 8.29. The van der Waals surface area contributed by atoms with Crippen molar-refractivity contribution < 1.29 is 4.74 Å². The summed E-state index contributed by atoms with van der Waals surface area (Å²) in [6, 6.07) is 18.9.